The van der Waals surface area contributed by atoms with Gasteiger partial charge in [0.15, 0.2) is 0 Å². The Morgan fingerprint density at radius 2 is 1.89 bits per heavy atom. The summed E-state index contributed by atoms with van der Waals surface area (Å²) in [5, 5.41) is 9.93. The standard InChI is InChI=1S/C16H25NO/c1-11-9-12(2)13(3)17(10-11)16-8-6-5-7-15(16)14(4)18/h5-8,11-14,18H,9-10H2,1-4H3. The Morgan fingerprint density at radius 1 is 1.22 bits per heavy atom. The van der Waals surface area contributed by atoms with Crippen molar-refractivity contribution < 1.29 is 5.11 Å². The average molecular weight is 247 g/mol. The lowest BCUT2D eigenvalue weighted by Gasteiger charge is -2.43. The topological polar surface area (TPSA) is 23.5 Å². The molecule has 0 amide bonds. The normalized spacial score (nSPS) is 30.3. The molecule has 0 saturated carbocycles. The highest BCUT2D eigenvalue weighted by atomic mass is 16.3. The van der Waals surface area contributed by atoms with Crippen molar-refractivity contribution in [2.45, 2.75) is 46.3 Å². The van der Waals surface area contributed by atoms with Crippen molar-refractivity contribution in [2.75, 3.05) is 11.4 Å². The molecule has 1 aliphatic heterocycles. The molecule has 1 aliphatic rings. The highest BCUT2D eigenvalue weighted by Crippen LogP contribution is 2.34. The van der Waals surface area contributed by atoms with Gasteiger partial charge in [-0.05, 0) is 38.2 Å². The van der Waals surface area contributed by atoms with Crippen LogP contribution in [0.15, 0.2) is 24.3 Å². The molecule has 0 bridgehead atoms. The van der Waals surface area contributed by atoms with Crippen LogP contribution < -0.4 is 4.90 Å². The molecule has 2 rings (SSSR count). The lowest BCUT2D eigenvalue weighted by Crippen LogP contribution is -2.46. The number of aliphatic hydroxyl groups excluding tert-OH is 1. The zero-order valence-electron chi connectivity index (χ0n) is 11.9. The largest absolute Gasteiger partial charge is 0.389 e. The fourth-order valence-electron chi connectivity index (χ4n) is 3.14. The summed E-state index contributed by atoms with van der Waals surface area (Å²) in [7, 11) is 0. The third-order valence-corrected chi connectivity index (χ3v) is 4.29. The summed E-state index contributed by atoms with van der Waals surface area (Å²) in [5.41, 5.74) is 2.25. The number of hydrogen-bond acceptors (Lipinski definition) is 2. The van der Waals surface area contributed by atoms with E-state index in [1.54, 1.807) is 0 Å². The van der Waals surface area contributed by atoms with E-state index in [2.05, 4.69) is 37.8 Å². The van der Waals surface area contributed by atoms with Crippen LogP contribution in [-0.2, 0) is 0 Å². The van der Waals surface area contributed by atoms with Gasteiger partial charge in [0.05, 0.1) is 6.10 Å². The highest BCUT2D eigenvalue weighted by molar-refractivity contribution is 5.55. The van der Waals surface area contributed by atoms with Crippen LogP contribution in [0.2, 0.25) is 0 Å². The number of anilines is 1. The van der Waals surface area contributed by atoms with Crippen molar-refractivity contribution in [3.8, 4) is 0 Å². The lowest BCUT2D eigenvalue weighted by atomic mass is 9.85. The third kappa shape index (κ3) is 2.54. The van der Waals surface area contributed by atoms with Gasteiger partial charge in [-0.25, -0.2) is 0 Å². The van der Waals surface area contributed by atoms with E-state index in [4.69, 9.17) is 0 Å². The molecule has 100 valence electrons. The Kier molecular flexibility index (Phi) is 3.96. The summed E-state index contributed by atoms with van der Waals surface area (Å²) in [5.74, 6) is 1.43. The van der Waals surface area contributed by atoms with Gasteiger partial charge < -0.3 is 10.0 Å². The maximum Gasteiger partial charge on any atom is 0.0781 e. The van der Waals surface area contributed by atoms with E-state index in [0.717, 1.165) is 18.0 Å². The second-order valence-electron chi connectivity index (χ2n) is 5.95. The van der Waals surface area contributed by atoms with Gasteiger partial charge >= 0.3 is 0 Å². The average Bonchev–Trinajstić information content (AvgIpc) is 2.33. The van der Waals surface area contributed by atoms with Gasteiger partial charge in [0, 0.05) is 23.8 Å². The minimum Gasteiger partial charge on any atom is -0.389 e. The predicted molar refractivity (Wildman–Crippen MR) is 76.8 cm³/mol. The van der Waals surface area contributed by atoms with Gasteiger partial charge in [0.25, 0.3) is 0 Å². The fourth-order valence-corrected chi connectivity index (χ4v) is 3.14. The summed E-state index contributed by atoms with van der Waals surface area (Å²) in [4.78, 5) is 2.47. The molecule has 4 atom stereocenters. The molecule has 18 heavy (non-hydrogen) atoms. The zero-order chi connectivity index (χ0) is 13.3. The van der Waals surface area contributed by atoms with E-state index in [9.17, 15) is 5.11 Å². The van der Waals surface area contributed by atoms with Crippen molar-refractivity contribution in [3.63, 3.8) is 0 Å². The second-order valence-corrected chi connectivity index (χ2v) is 5.95. The van der Waals surface area contributed by atoms with Crippen molar-refractivity contribution >= 4 is 5.69 Å². The van der Waals surface area contributed by atoms with Crippen LogP contribution in [0, 0.1) is 11.8 Å². The maximum atomic E-state index is 9.93. The first-order valence-electron chi connectivity index (χ1n) is 7.04. The Labute approximate surface area is 111 Å². The summed E-state index contributed by atoms with van der Waals surface area (Å²) in [6.07, 6.45) is 0.898. The van der Waals surface area contributed by atoms with Gasteiger partial charge in [-0.2, -0.15) is 0 Å². The van der Waals surface area contributed by atoms with E-state index in [-0.39, 0.29) is 0 Å². The fraction of sp³-hybridized carbons (Fsp3) is 0.625. The van der Waals surface area contributed by atoms with Gasteiger partial charge in [-0.1, -0.05) is 32.0 Å². The van der Waals surface area contributed by atoms with E-state index in [1.165, 1.54) is 12.1 Å². The third-order valence-electron chi connectivity index (χ3n) is 4.29. The monoisotopic (exact) mass is 247 g/mol. The molecule has 0 spiro atoms. The van der Waals surface area contributed by atoms with Crippen molar-refractivity contribution in [1.29, 1.82) is 0 Å². The quantitative estimate of drug-likeness (QED) is 0.863. The molecule has 1 aromatic rings. The summed E-state index contributed by atoms with van der Waals surface area (Å²) >= 11 is 0. The first-order valence-corrected chi connectivity index (χ1v) is 7.04. The molecule has 4 unspecified atom stereocenters. The van der Waals surface area contributed by atoms with Crippen LogP contribution in [-0.4, -0.2) is 17.7 Å². The molecule has 1 N–H and O–H groups in total. The summed E-state index contributed by atoms with van der Waals surface area (Å²) in [6, 6.07) is 8.80. The first-order chi connectivity index (χ1) is 8.50. The molecule has 0 aromatic heterocycles. The summed E-state index contributed by atoms with van der Waals surface area (Å²) in [6.45, 7) is 9.89. The van der Waals surface area contributed by atoms with E-state index >= 15 is 0 Å². The van der Waals surface area contributed by atoms with Crippen molar-refractivity contribution in [1.82, 2.24) is 0 Å². The molecule has 0 aliphatic carbocycles. The van der Waals surface area contributed by atoms with Crippen LogP contribution in [0.3, 0.4) is 0 Å². The number of piperidine rings is 1. The van der Waals surface area contributed by atoms with E-state index in [1.807, 2.05) is 19.1 Å². The number of nitrogens with zero attached hydrogens (tertiary/aromatic N) is 1. The number of benzene rings is 1. The number of aliphatic hydroxyl groups is 1. The molecule has 1 saturated heterocycles. The number of para-hydroxylation sites is 1. The van der Waals surface area contributed by atoms with Gasteiger partial charge in [-0.3, -0.25) is 0 Å². The molecule has 1 fully saturated rings. The Bertz CT molecular complexity index is 402. The Morgan fingerprint density at radius 3 is 2.56 bits per heavy atom. The predicted octanol–water partition coefficient (Wildman–Crippen LogP) is 3.61. The molecule has 1 heterocycles. The van der Waals surface area contributed by atoms with Crippen molar-refractivity contribution in [3.05, 3.63) is 29.8 Å². The van der Waals surface area contributed by atoms with Gasteiger partial charge in [-0.15, -0.1) is 0 Å². The van der Waals surface area contributed by atoms with Crippen LogP contribution in [0.25, 0.3) is 0 Å². The molecular weight excluding hydrogens is 222 g/mol. The molecule has 2 heteroatoms. The minimum absolute atomic E-state index is 0.402. The Balaban J connectivity index is 2.35. The van der Waals surface area contributed by atoms with E-state index < -0.39 is 6.10 Å². The van der Waals surface area contributed by atoms with E-state index in [0.29, 0.717) is 12.0 Å². The minimum atomic E-state index is -0.402. The second kappa shape index (κ2) is 5.31. The Hall–Kier alpha value is -1.02. The number of hydrogen-bond donors (Lipinski definition) is 1. The molecule has 0 radical (unpaired) electrons. The van der Waals surface area contributed by atoms with Gasteiger partial charge in [0.1, 0.15) is 0 Å². The van der Waals surface area contributed by atoms with Crippen LogP contribution in [0.4, 0.5) is 5.69 Å². The first kappa shape index (κ1) is 13.4. The molecular formula is C16H25NO. The smallest absolute Gasteiger partial charge is 0.0781 e. The molecule has 2 nitrogen and oxygen atoms in total. The summed E-state index contributed by atoms with van der Waals surface area (Å²) < 4.78 is 0. The van der Waals surface area contributed by atoms with Crippen molar-refractivity contribution in [2.24, 2.45) is 11.8 Å². The maximum absolute atomic E-state index is 9.93. The zero-order valence-corrected chi connectivity index (χ0v) is 11.9. The number of rotatable bonds is 2. The van der Waals surface area contributed by atoms with Crippen LogP contribution >= 0.6 is 0 Å². The highest BCUT2D eigenvalue weighted by Gasteiger charge is 2.30. The lowest BCUT2D eigenvalue weighted by molar-refractivity contribution is 0.198. The SMILES string of the molecule is CC1CC(C)C(C)N(c2ccccc2C(C)O)C1. The van der Waals surface area contributed by atoms with Crippen LogP contribution in [0.1, 0.15) is 45.8 Å². The van der Waals surface area contributed by atoms with Crippen LogP contribution in [0.5, 0.6) is 0 Å². The molecule has 1 aromatic carbocycles. The van der Waals surface area contributed by atoms with Gasteiger partial charge in [0.2, 0.25) is 0 Å².